The van der Waals surface area contributed by atoms with Gasteiger partial charge in [0, 0.05) is 37.1 Å². The maximum Gasteiger partial charge on any atom is 0.254 e. The van der Waals surface area contributed by atoms with Gasteiger partial charge in [0.05, 0.1) is 6.54 Å². The Morgan fingerprint density at radius 1 is 0.732 bits per heavy atom. The molecule has 0 aliphatic rings. The van der Waals surface area contributed by atoms with E-state index in [1.807, 2.05) is 77.8 Å². The predicted octanol–water partition coefficient (Wildman–Crippen LogP) is 7.10. The molecule has 0 aliphatic carbocycles. The summed E-state index contributed by atoms with van der Waals surface area (Å²) in [5.41, 5.74) is 4.75. The molecule has 0 fully saturated rings. The van der Waals surface area contributed by atoms with E-state index in [9.17, 15) is 14.0 Å². The fourth-order valence-corrected chi connectivity index (χ4v) is 4.90. The minimum atomic E-state index is -0.263. The minimum absolute atomic E-state index is 0.0174. The van der Waals surface area contributed by atoms with Gasteiger partial charge in [0.15, 0.2) is 0 Å². The highest BCUT2D eigenvalue weighted by Gasteiger charge is 2.23. The summed E-state index contributed by atoms with van der Waals surface area (Å²) in [6.45, 7) is 6.17. The zero-order valence-corrected chi connectivity index (χ0v) is 24.1. The van der Waals surface area contributed by atoms with Gasteiger partial charge in [0.2, 0.25) is 5.91 Å². The average Bonchev–Trinajstić information content (AvgIpc) is 3.44. The van der Waals surface area contributed by atoms with Crippen LogP contribution < -0.4 is 0 Å². The third-order valence-corrected chi connectivity index (χ3v) is 7.37. The number of halogens is 1. The summed E-state index contributed by atoms with van der Waals surface area (Å²) in [6, 6.07) is 28.1. The van der Waals surface area contributed by atoms with Gasteiger partial charge < -0.3 is 14.4 Å². The Morgan fingerprint density at radius 3 is 2.12 bits per heavy atom. The number of carbonyl (C=O) groups excluding carboxylic acids is 2. The van der Waals surface area contributed by atoms with E-state index in [0.717, 1.165) is 42.5 Å². The smallest absolute Gasteiger partial charge is 0.254 e. The standard InChI is InChI=1S/C35H40FN3O2/c1-3-5-9-22-38(35(41)31-18-14-28(4-2)15-19-31)27-34(40)39(25-29-11-7-6-8-12-29)26-33-13-10-23-37(33)24-30-16-20-32(36)21-17-30/h6-8,10-21,23H,3-5,9,22,24-27H2,1-2H3. The van der Waals surface area contributed by atoms with Crippen LogP contribution in [0.2, 0.25) is 0 Å². The fraction of sp³-hybridized carbons (Fsp3) is 0.314. The number of hydrogen-bond donors (Lipinski definition) is 0. The lowest BCUT2D eigenvalue weighted by atomic mass is 10.1. The second kappa shape index (κ2) is 15.0. The van der Waals surface area contributed by atoms with Crippen LogP contribution in [-0.2, 0) is 30.8 Å². The molecule has 0 aliphatic heterocycles. The highest BCUT2D eigenvalue weighted by Crippen LogP contribution is 2.16. The molecule has 41 heavy (non-hydrogen) atoms. The molecule has 3 aromatic carbocycles. The fourth-order valence-electron chi connectivity index (χ4n) is 4.90. The molecule has 1 aromatic heterocycles. The number of benzene rings is 3. The molecule has 0 saturated carbocycles. The highest BCUT2D eigenvalue weighted by molar-refractivity contribution is 5.96. The van der Waals surface area contributed by atoms with E-state index in [4.69, 9.17) is 0 Å². The zero-order chi connectivity index (χ0) is 29.0. The lowest BCUT2D eigenvalue weighted by Gasteiger charge is -2.28. The molecule has 0 atom stereocenters. The molecule has 0 bridgehead atoms. The van der Waals surface area contributed by atoms with Gasteiger partial charge in [-0.25, -0.2) is 4.39 Å². The first-order chi connectivity index (χ1) is 20.0. The monoisotopic (exact) mass is 553 g/mol. The first kappa shape index (κ1) is 29.8. The summed E-state index contributed by atoms with van der Waals surface area (Å²) in [4.78, 5) is 31.0. The van der Waals surface area contributed by atoms with E-state index in [0.29, 0.717) is 31.7 Å². The third kappa shape index (κ3) is 8.65. The van der Waals surface area contributed by atoms with Crippen molar-refractivity contribution in [3.63, 3.8) is 0 Å². The summed E-state index contributed by atoms with van der Waals surface area (Å²) >= 11 is 0. The molecule has 0 radical (unpaired) electrons. The van der Waals surface area contributed by atoms with Crippen LogP contribution >= 0.6 is 0 Å². The molecule has 4 aromatic rings. The normalized spacial score (nSPS) is 10.9. The number of hydrogen-bond acceptors (Lipinski definition) is 2. The van der Waals surface area contributed by atoms with Crippen LogP contribution in [0.25, 0.3) is 0 Å². The molecule has 0 unspecified atom stereocenters. The number of nitrogens with zero attached hydrogens (tertiary/aromatic N) is 3. The van der Waals surface area contributed by atoms with Crippen LogP contribution in [0.15, 0.2) is 97.2 Å². The van der Waals surface area contributed by atoms with Crippen molar-refractivity contribution in [3.8, 4) is 0 Å². The van der Waals surface area contributed by atoms with Crippen molar-refractivity contribution in [1.82, 2.24) is 14.4 Å². The molecule has 1 heterocycles. The van der Waals surface area contributed by atoms with Gasteiger partial charge in [-0.1, -0.05) is 81.3 Å². The largest absolute Gasteiger partial charge is 0.345 e. The summed E-state index contributed by atoms with van der Waals surface area (Å²) in [6.07, 6.45) is 5.76. The van der Waals surface area contributed by atoms with Gasteiger partial charge in [-0.15, -0.1) is 0 Å². The van der Waals surface area contributed by atoms with Crippen LogP contribution in [0.3, 0.4) is 0 Å². The summed E-state index contributed by atoms with van der Waals surface area (Å²) in [5, 5.41) is 0. The molecular weight excluding hydrogens is 513 g/mol. The number of aromatic nitrogens is 1. The van der Waals surface area contributed by atoms with Crippen molar-refractivity contribution in [2.75, 3.05) is 13.1 Å². The Kier molecular flexibility index (Phi) is 10.9. The van der Waals surface area contributed by atoms with Gasteiger partial charge in [0.1, 0.15) is 12.4 Å². The molecule has 6 heteroatoms. The van der Waals surface area contributed by atoms with Gasteiger partial charge in [-0.2, -0.15) is 0 Å². The summed E-state index contributed by atoms with van der Waals surface area (Å²) < 4.78 is 15.5. The number of rotatable bonds is 14. The number of aryl methyl sites for hydroxylation is 1. The van der Waals surface area contributed by atoms with Crippen molar-refractivity contribution in [1.29, 1.82) is 0 Å². The van der Waals surface area contributed by atoms with Crippen LogP contribution in [0.5, 0.6) is 0 Å². The Labute approximate surface area is 243 Å². The van der Waals surface area contributed by atoms with Gasteiger partial charge in [-0.05, 0) is 65.9 Å². The maximum atomic E-state index is 13.9. The van der Waals surface area contributed by atoms with E-state index < -0.39 is 0 Å². The Hall–Kier alpha value is -4.19. The molecule has 5 nitrogen and oxygen atoms in total. The second-order valence-corrected chi connectivity index (χ2v) is 10.5. The van der Waals surface area contributed by atoms with Crippen LogP contribution in [-0.4, -0.2) is 39.3 Å². The van der Waals surface area contributed by atoms with E-state index in [1.54, 1.807) is 17.0 Å². The molecule has 0 N–H and O–H groups in total. The van der Waals surface area contributed by atoms with E-state index in [2.05, 4.69) is 18.4 Å². The number of amides is 2. The molecule has 0 saturated heterocycles. The van der Waals surface area contributed by atoms with Crippen molar-refractivity contribution in [2.45, 2.75) is 59.2 Å². The first-order valence-electron chi connectivity index (χ1n) is 14.5. The van der Waals surface area contributed by atoms with Crippen molar-refractivity contribution >= 4 is 11.8 Å². The third-order valence-electron chi connectivity index (χ3n) is 7.37. The van der Waals surface area contributed by atoms with Gasteiger partial charge >= 0.3 is 0 Å². The molecule has 0 spiro atoms. The summed E-state index contributed by atoms with van der Waals surface area (Å²) in [7, 11) is 0. The van der Waals surface area contributed by atoms with E-state index >= 15 is 0 Å². The van der Waals surface area contributed by atoms with Crippen molar-refractivity contribution in [2.24, 2.45) is 0 Å². The highest BCUT2D eigenvalue weighted by atomic mass is 19.1. The molecular formula is C35H40FN3O2. The van der Waals surface area contributed by atoms with Crippen molar-refractivity contribution < 1.29 is 14.0 Å². The van der Waals surface area contributed by atoms with Gasteiger partial charge in [-0.3, -0.25) is 9.59 Å². The minimum Gasteiger partial charge on any atom is -0.345 e. The average molecular weight is 554 g/mol. The maximum absolute atomic E-state index is 13.9. The lowest BCUT2D eigenvalue weighted by molar-refractivity contribution is -0.133. The predicted molar refractivity (Wildman–Crippen MR) is 162 cm³/mol. The molecule has 214 valence electrons. The molecule has 2 amide bonds. The van der Waals surface area contributed by atoms with Gasteiger partial charge in [0.25, 0.3) is 5.91 Å². The van der Waals surface area contributed by atoms with E-state index in [1.165, 1.54) is 17.7 Å². The van der Waals surface area contributed by atoms with Crippen LogP contribution in [0.4, 0.5) is 4.39 Å². The molecule has 4 rings (SSSR count). The lowest BCUT2D eigenvalue weighted by Crippen LogP contribution is -2.43. The second-order valence-electron chi connectivity index (χ2n) is 10.5. The first-order valence-corrected chi connectivity index (χ1v) is 14.5. The van der Waals surface area contributed by atoms with E-state index in [-0.39, 0.29) is 24.2 Å². The quantitative estimate of drug-likeness (QED) is 0.156. The van der Waals surface area contributed by atoms with Crippen LogP contribution in [0.1, 0.15) is 65.9 Å². The van der Waals surface area contributed by atoms with Crippen molar-refractivity contribution in [3.05, 3.63) is 131 Å². The topological polar surface area (TPSA) is 45.6 Å². The Morgan fingerprint density at radius 2 is 1.44 bits per heavy atom. The summed E-state index contributed by atoms with van der Waals surface area (Å²) in [5.74, 6) is -0.477. The SMILES string of the molecule is CCCCCN(CC(=O)N(Cc1ccccc1)Cc1cccn1Cc1ccc(F)cc1)C(=O)c1ccc(CC)cc1. The van der Waals surface area contributed by atoms with Crippen LogP contribution in [0, 0.1) is 5.82 Å². The zero-order valence-electron chi connectivity index (χ0n) is 24.1. The Balaban J connectivity index is 1.55. The number of carbonyl (C=O) groups is 2. The Bertz CT molecular complexity index is 1380. The number of unbranched alkanes of at least 4 members (excludes halogenated alkanes) is 2.